The second kappa shape index (κ2) is 6.15. The van der Waals surface area contributed by atoms with E-state index < -0.39 is 0 Å². The molecular weight excluding hydrogens is 196 g/mol. The molecule has 0 aliphatic rings. The van der Waals surface area contributed by atoms with Gasteiger partial charge in [-0.15, -0.1) is 0 Å². The van der Waals surface area contributed by atoms with Crippen LogP contribution in [0.15, 0.2) is 6.07 Å². The number of hydrogen-bond donors (Lipinski definition) is 4. The van der Waals surface area contributed by atoms with Crippen molar-refractivity contribution < 1.29 is 10.2 Å². The highest BCUT2D eigenvalue weighted by atomic mass is 16.3. The lowest BCUT2D eigenvalue weighted by Gasteiger charge is -2.08. The van der Waals surface area contributed by atoms with Crippen LogP contribution in [0.25, 0.3) is 0 Å². The monoisotopic (exact) mass is 212 g/mol. The summed E-state index contributed by atoms with van der Waals surface area (Å²) in [5, 5.41) is 23.1. The van der Waals surface area contributed by atoms with Gasteiger partial charge in [0.05, 0.1) is 13.2 Å². The summed E-state index contributed by atoms with van der Waals surface area (Å²) in [6, 6.07) is 1.79. The molecule has 1 heterocycles. The molecule has 1 aromatic rings. The van der Waals surface area contributed by atoms with E-state index in [0.29, 0.717) is 24.9 Å². The molecule has 0 unspecified atom stereocenters. The van der Waals surface area contributed by atoms with Gasteiger partial charge in [-0.05, 0) is 6.92 Å². The van der Waals surface area contributed by atoms with Crippen molar-refractivity contribution in [2.45, 2.75) is 6.92 Å². The summed E-state index contributed by atoms with van der Waals surface area (Å²) < 4.78 is 0. The Morgan fingerprint density at radius 2 is 1.80 bits per heavy atom. The molecule has 0 spiro atoms. The molecule has 0 saturated heterocycles. The Labute approximate surface area is 88.4 Å². The number of nitrogens with one attached hydrogen (secondary N) is 2. The minimum atomic E-state index is 0.0384. The van der Waals surface area contributed by atoms with Crippen molar-refractivity contribution in [2.24, 2.45) is 0 Å². The molecule has 6 heteroatoms. The number of aromatic nitrogens is 2. The number of nitrogens with zero attached hydrogens (tertiary/aromatic N) is 2. The number of aliphatic hydroxyl groups excluding tert-OH is 2. The fraction of sp³-hybridized carbons (Fsp3) is 0.556. The normalized spacial score (nSPS) is 10.1. The molecule has 6 nitrogen and oxygen atoms in total. The summed E-state index contributed by atoms with van der Waals surface area (Å²) in [7, 11) is 0. The Morgan fingerprint density at radius 1 is 1.13 bits per heavy atom. The number of aryl methyl sites for hydroxylation is 1. The molecule has 0 atom stereocenters. The van der Waals surface area contributed by atoms with Crippen LogP contribution in [0, 0.1) is 6.92 Å². The molecule has 0 fully saturated rings. The van der Waals surface area contributed by atoms with Crippen LogP contribution in [0.3, 0.4) is 0 Å². The van der Waals surface area contributed by atoms with Gasteiger partial charge in [0.15, 0.2) is 0 Å². The van der Waals surface area contributed by atoms with Crippen LogP contribution in [0.5, 0.6) is 0 Å². The summed E-state index contributed by atoms with van der Waals surface area (Å²) in [5.41, 5.74) is 0.825. The SMILES string of the molecule is Cc1cc(NCCO)nc(NCCO)n1. The van der Waals surface area contributed by atoms with E-state index >= 15 is 0 Å². The van der Waals surface area contributed by atoms with Crippen LogP contribution in [-0.2, 0) is 0 Å². The van der Waals surface area contributed by atoms with Crippen molar-refractivity contribution in [3.05, 3.63) is 11.8 Å². The van der Waals surface area contributed by atoms with Gasteiger partial charge in [-0.1, -0.05) is 0 Å². The summed E-state index contributed by atoms with van der Waals surface area (Å²) in [6.07, 6.45) is 0. The molecule has 0 bridgehead atoms. The number of anilines is 2. The van der Waals surface area contributed by atoms with Gasteiger partial charge in [0.2, 0.25) is 5.95 Å². The Morgan fingerprint density at radius 3 is 2.47 bits per heavy atom. The maximum Gasteiger partial charge on any atom is 0.224 e. The van der Waals surface area contributed by atoms with Crippen molar-refractivity contribution >= 4 is 11.8 Å². The lowest BCUT2D eigenvalue weighted by atomic mass is 10.4. The third kappa shape index (κ3) is 4.09. The van der Waals surface area contributed by atoms with Crippen LogP contribution in [0.1, 0.15) is 5.69 Å². The molecule has 0 saturated carbocycles. The quantitative estimate of drug-likeness (QED) is 0.512. The fourth-order valence-electron chi connectivity index (χ4n) is 1.09. The zero-order valence-electron chi connectivity index (χ0n) is 8.69. The van der Waals surface area contributed by atoms with Crippen molar-refractivity contribution in [3.63, 3.8) is 0 Å². The predicted octanol–water partition coefficient (Wildman–Crippen LogP) is -0.407. The first-order valence-corrected chi connectivity index (χ1v) is 4.81. The second-order valence-electron chi connectivity index (χ2n) is 3.02. The first-order valence-electron chi connectivity index (χ1n) is 4.81. The average molecular weight is 212 g/mol. The van der Waals surface area contributed by atoms with E-state index in [9.17, 15) is 0 Å². The predicted molar refractivity (Wildman–Crippen MR) is 57.9 cm³/mol. The van der Waals surface area contributed by atoms with E-state index in [-0.39, 0.29) is 13.2 Å². The summed E-state index contributed by atoms with van der Waals surface area (Å²) in [5.74, 6) is 1.14. The van der Waals surface area contributed by atoms with E-state index in [1.165, 1.54) is 0 Å². The molecule has 15 heavy (non-hydrogen) atoms. The molecule has 1 rings (SSSR count). The van der Waals surface area contributed by atoms with Crippen LogP contribution in [-0.4, -0.2) is 46.5 Å². The minimum Gasteiger partial charge on any atom is -0.395 e. The van der Waals surface area contributed by atoms with E-state index in [4.69, 9.17) is 10.2 Å². The minimum absolute atomic E-state index is 0.0384. The number of rotatable bonds is 6. The molecule has 0 aliphatic carbocycles. The Balaban J connectivity index is 2.66. The van der Waals surface area contributed by atoms with E-state index in [2.05, 4.69) is 20.6 Å². The zero-order chi connectivity index (χ0) is 11.1. The molecule has 0 amide bonds. The van der Waals surface area contributed by atoms with Gasteiger partial charge in [0, 0.05) is 24.8 Å². The summed E-state index contributed by atoms with van der Waals surface area (Å²) in [6.45, 7) is 2.83. The summed E-state index contributed by atoms with van der Waals surface area (Å²) in [4.78, 5) is 8.30. The maximum absolute atomic E-state index is 8.65. The van der Waals surface area contributed by atoms with Crippen molar-refractivity contribution in [1.29, 1.82) is 0 Å². The van der Waals surface area contributed by atoms with Gasteiger partial charge < -0.3 is 20.8 Å². The lowest BCUT2D eigenvalue weighted by Crippen LogP contribution is -2.12. The molecular formula is C9H16N4O2. The van der Waals surface area contributed by atoms with Crippen molar-refractivity contribution in [2.75, 3.05) is 36.9 Å². The highest BCUT2D eigenvalue weighted by Gasteiger charge is 2.00. The topological polar surface area (TPSA) is 90.3 Å². The Kier molecular flexibility index (Phi) is 4.79. The standard InChI is InChI=1S/C9H16N4O2/c1-7-6-8(10-2-4-14)13-9(12-7)11-3-5-15/h6,14-15H,2-5H2,1H3,(H2,10,11,12,13). The van der Waals surface area contributed by atoms with Crippen molar-refractivity contribution in [3.8, 4) is 0 Å². The zero-order valence-corrected chi connectivity index (χ0v) is 8.69. The molecule has 84 valence electrons. The van der Waals surface area contributed by atoms with Gasteiger partial charge >= 0.3 is 0 Å². The van der Waals surface area contributed by atoms with E-state index in [1.807, 2.05) is 6.92 Å². The van der Waals surface area contributed by atoms with Crippen LogP contribution < -0.4 is 10.6 Å². The van der Waals surface area contributed by atoms with Gasteiger partial charge in [-0.3, -0.25) is 0 Å². The first kappa shape index (κ1) is 11.7. The molecule has 1 aromatic heterocycles. The highest BCUT2D eigenvalue weighted by molar-refractivity contribution is 5.42. The lowest BCUT2D eigenvalue weighted by molar-refractivity contribution is 0.310. The largest absolute Gasteiger partial charge is 0.395 e. The summed E-state index contributed by atoms with van der Waals surface area (Å²) >= 11 is 0. The first-order chi connectivity index (χ1) is 7.26. The maximum atomic E-state index is 8.65. The fourth-order valence-corrected chi connectivity index (χ4v) is 1.09. The second-order valence-corrected chi connectivity index (χ2v) is 3.02. The van der Waals surface area contributed by atoms with Crippen LogP contribution >= 0.6 is 0 Å². The van der Waals surface area contributed by atoms with Crippen LogP contribution in [0.2, 0.25) is 0 Å². The number of hydrogen-bond acceptors (Lipinski definition) is 6. The van der Waals surface area contributed by atoms with Crippen LogP contribution in [0.4, 0.5) is 11.8 Å². The Hall–Kier alpha value is -1.40. The molecule has 0 radical (unpaired) electrons. The third-order valence-corrected chi connectivity index (χ3v) is 1.67. The van der Waals surface area contributed by atoms with Gasteiger partial charge in [0.1, 0.15) is 5.82 Å². The van der Waals surface area contributed by atoms with E-state index in [0.717, 1.165) is 5.69 Å². The third-order valence-electron chi connectivity index (χ3n) is 1.67. The molecule has 0 aliphatic heterocycles. The molecule has 4 N–H and O–H groups in total. The highest BCUT2D eigenvalue weighted by Crippen LogP contribution is 2.08. The molecule has 0 aromatic carbocycles. The van der Waals surface area contributed by atoms with E-state index in [1.54, 1.807) is 6.07 Å². The van der Waals surface area contributed by atoms with Gasteiger partial charge in [0.25, 0.3) is 0 Å². The number of aliphatic hydroxyl groups is 2. The van der Waals surface area contributed by atoms with Gasteiger partial charge in [-0.25, -0.2) is 4.98 Å². The van der Waals surface area contributed by atoms with Gasteiger partial charge in [-0.2, -0.15) is 4.98 Å². The average Bonchev–Trinajstić information content (AvgIpc) is 2.23. The van der Waals surface area contributed by atoms with Crippen molar-refractivity contribution in [1.82, 2.24) is 9.97 Å². The smallest absolute Gasteiger partial charge is 0.224 e. The Bertz CT molecular complexity index is 280.